The third kappa shape index (κ3) is 5.50. The average Bonchev–Trinajstić information content (AvgIpc) is 3.01. The van der Waals surface area contributed by atoms with Gasteiger partial charge < -0.3 is 9.88 Å². The molecule has 3 rings (SSSR count). The van der Waals surface area contributed by atoms with Crippen LogP contribution in [0.25, 0.3) is 5.69 Å². The molecule has 0 aliphatic rings. The molecule has 3 aromatic rings. The summed E-state index contributed by atoms with van der Waals surface area (Å²) in [6.45, 7) is 3.82. The number of nitro groups is 1. The van der Waals surface area contributed by atoms with Crippen molar-refractivity contribution in [2.75, 3.05) is 11.9 Å². The van der Waals surface area contributed by atoms with E-state index in [2.05, 4.69) is 31.8 Å². The molecule has 0 aliphatic carbocycles. The lowest BCUT2D eigenvalue weighted by Gasteiger charge is -2.10. The number of nitrogens with one attached hydrogen (secondary N) is 2. The minimum absolute atomic E-state index is 0.0758. The highest BCUT2D eigenvalue weighted by atomic mass is 79.9. The third-order valence-corrected chi connectivity index (χ3v) is 5.39. The van der Waals surface area contributed by atoms with Gasteiger partial charge in [0.2, 0.25) is 0 Å². The van der Waals surface area contributed by atoms with Crippen molar-refractivity contribution in [3.63, 3.8) is 0 Å². The van der Waals surface area contributed by atoms with E-state index in [1.165, 1.54) is 12.1 Å². The van der Waals surface area contributed by atoms with Crippen LogP contribution in [0.4, 0.5) is 11.4 Å². The van der Waals surface area contributed by atoms with Crippen molar-refractivity contribution < 1.29 is 9.72 Å². The first-order valence-corrected chi connectivity index (χ1v) is 10.4. The number of aryl methyl sites for hydroxylation is 1. The van der Waals surface area contributed by atoms with Crippen LogP contribution >= 0.6 is 27.5 Å². The van der Waals surface area contributed by atoms with Crippen LogP contribution in [0.5, 0.6) is 0 Å². The minimum Gasteiger partial charge on any atom is -0.376 e. The summed E-state index contributed by atoms with van der Waals surface area (Å²) in [4.78, 5) is 22.7. The Morgan fingerprint density at radius 2 is 1.94 bits per heavy atom. The number of aromatic nitrogens is 1. The van der Waals surface area contributed by atoms with Gasteiger partial charge in [0.1, 0.15) is 5.02 Å². The Bertz CT molecular complexity index is 1160. The van der Waals surface area contributed by atoms with Gasteiger partial charge in [-0.15, -0.1) is 0 Å². The maximum atomic E-state index is 12.0. The lowest BCUT2D eigenvalue weighted by Crippen LogP contribution is -2.25. The van der Waals surface area contributed by atoms with Crippen LogP contribution in [0.15, 0.2) is 58.1 Å². The summed E-state index contributed by atoms with van der Waals surface area (Å²) in [6.07, 6.45) is 1.54. The Morgan fingerprint density at radius 3 is 2.61 bits per heavy atom. The average molecular weight is 505 g/mol. The molecule has 31 heavy (non-hydrogen) atoms. The van der Waals surface area contributed by atoms with Gasteiger partial charge in [0.25, 0.3) is 11.6 Å². The van der Waals surface area contributed by atoms with Crippen molar-refractivity contribution in [3.8, 4) is 5.69 Å². The number of nitrogens with zero attached hydrogens (tertiary/aromatic N) is 3. The quantitative estimate of drug-likeness (QED) is 0.269. The second-order valence-electron chi connectivity index (χ2n) is 6.71. The monoisotopic (exact) mass is 503 g/mol. The molecule has 0 atom stereocenters. The molecule has 0 unspecified atom stereocenters. The third-order valence-electron chi connectivity index (χ3n) is 4.55. The van der Waals surface area contributed by atoms with Crippen molar-refractivity contribution in [2.45, 2.75) is 13.8 Å². The zero-order valence-corrected chi connectivity index (χ0v) is 19.1. The van der Waals surface area contributed by atoms with E-state index in [4.69, 9.17) is 11.6 Å². The number of carbonyl (C=O) groups is 1. The standard InChI is InChI=1S/C21H19BrClN5O3/c1-13-9-15(11-25-26-21(29)12-24-17-5-3-16(22)4-6-17)14(2)27(13)18-7-8-19(23)20(10-18)28(30)31/h3-11,24H,12H2,1-2H3,(H,26,29)/b25-11-. The SMILES string of the molecule is Cc1cc(/C=N\NC(=O)CNc2ccc(Br)cc2)c(C)n1-c1ccc(Cl)c([N+](=O)[O-])c1. The Hall–Kier alpha value is -3.17. The maximum Gasteiger partial charge on any atom is 0.289 e. The topological polar surface area (TPSA) is 102 Å². The van der Waals surface area contributed by atoms with Crippen LogP contribution in [-0.4, -0.2) is 28.2 Å². The van der Waals surface area contributed by atoms with Crippen LogP contribution in [0.3, 0.4) is 0 Å². The van der Waals surface area contributed by atoms with E-state index in [9.17, 15) is 14.9 Å². The van der Waals surface area contributed by atoms with Gasteiger partial charge in [-0.1, -0.05) is 27.5 Å². The molecule has 0 spiro atoms. The first-order chi connectivity index (χ1) is 14.8. The number of hydrazone groups is 1. The number of carbonyl (C=O) groups excluding carboxylic acids is 1. The maximum absolute atomic E-state index is 12.0. The molecule has 1 aromatic heterocycles. The number of nitro benzene ring substituents is 1. The van der Waals surface area contributed by atoms with Crippen molar-refractivity contribution in [1.29, 1.82) is 0 Å². The van der Waals surface area contributed by atoms with Crippen molar-refractivity contribution in [1.82, 2.24) is 9.99 Å². The molecule has 160 valence electrons. The van der Waals surface area contributed by atoms with E-state index >= 15 is 0 Å². The Morgan fingerprint density at radius 1 is 1.23 bits per heavy atom. The van der Waals surface area contributed by atoms with Gasteiger partial charge in [0, 0.05) is 33.2 Å². The van der Waals surface area contributed by atoms with E-state index < -0.39 is 4.92 Å². The van der Waals surface area contributed by atoms with Gasteiger partial charge in [0.15, 0.2) is 0 Å². The summed E-state index contributed by atoms with van der Waals surface area (Å²) in [5.74, 6) is -0.290. The molecule has 0 bridgehead atoms. The molecule has 0 saturated heterocycles. The Labute approximate surface area is 192 Å². The van der Waals surface area contributed by atoms with Crippen molar-refractivity contribution in [3.05, 3.63) is 85.1 Å². The van der Waals surface area contributed by atoms with Crippen LogP contribution < -0.4 is 10.7 Å². The summed E-state index contributed by atoms with van der Waals surface area (Å²) in [6, 6.07) is 14.0. The highest BCUT2D eigenvalue weighted by Gasteiger charge is 2.16. The smallest absolute Gasteiger partial charge is 0.289 e. The summed E-state index contributed by atoms with van der Waals surface area (Å²) in [5.41, 5.74) is 6.22. The van der Waals surface area contributed by atoms with Crippen molar-refractivity contribution >= 4 is 51.0 Å². The second-order valence-corrected chi connectivity index (χ2v) is 8.03. The fraction of sp³-hybridized carbons (Fsp3) is 0.143. The fourth-order valence-electron chi connectivity index (χ4n) is 3.06. The van der Waals surface area contributed by atoms with Crippen molar-refractivity contribution in [2.24, 2.45) is 5.10 Å². The predicted octanol–water partition coefficient (Wildman–Crippen LogP) is 4.98. The normalized spacial score (nSPS) is 11.0. The van der Waals surface area contributed by atoms with Crippen LogP contribution in [0.2, 0.25) is 5.02 Å². The zero-order chi connectivity index (χ0) is 22.5. The number of amides is 1. The molecule has 0 fully saturated rings. The number of rotatable bonds is 7. The molecule has 1 amide bonds. The predicted molar refractivity (Wildman–Crippen MR) is 125 cm³/mol. The fourth-order valence-corrected chi connectivity index (χ4v) is 3.51. The molecule has 0 radical (unpaired) electrons. The van der Waals surface area contributed by atoms with E-state index in [1.54, 1.807) is 12.3 Å². The highest BCUT2D eigenvalue weighted by Crippen LogP contribution is 2.29. The Kier molecular flexibility index (Phi) is 7.09. The lowest BCUT2D eigenvalue weighted by molar-refractivity contribution is -0.384. The van der Waals surface area contributed by atoms with Crippen LogP contribution in [0, 0.1) is 24.0 Å². The zero-order valence-electron chi connectivity index (χ0n) is 16.7. The first-order valence-electron chi connectivity index (χ1n) is 9.21. The number of hydrogen-bond donors (Lipinski definition) is 2. The van der Waals surface area contributed by atoms with Gasteiger partial charge in [-0.3, -0.25) is 14.9 Å². The molecular weight excluding hydrogens is 486 g/mol. The molecule has 8 nitrogen and oxygen atoms in total. The molecule has 1 heterocycles. The Balaban J connectivity index is 1.68. The van der Waals surface area contributed by atoms with E-state index in [0.717, 1.165) is 27.1 Å². The van der Waals surface area contributed by atoms with Crippen LogP contribution in [0.1, 0.15) is 17.0 Å². The summed E-state index contributed by atoms with van der Waals surface area (Å²) in [5, 5.41) is 18.3. The van der Waals surface area contributed by atoms with E-state index in [0.29, 0.717) is 5.69 Å². The molecule has 0 saturated carbocycles. The molecule has 0 aliphatic heterocycles. The molecule has 10 heteroatoms. The summed E-state index contributed by atoms with van der Waals surface area (Å²) in [7, 11) is 0. The van der Waals surface area contributed by atoms with Gasteiger partial charge in [-0.05, 0) is 56.3 Å². The minimum atomic E-state index is -0.514. The summed E-state index contributed by atoms with van der Waals surface area (Å²) >= 11 is 9.27. The molecule has 2 N–H and O–H groups in total. The molecule has 2 aromatic carbocycles. The van der Waals surface area contributed by atoms with Crippen LogP contribution in [-0.2, 0) is 4.79 Å². The van der Waals surface area contributed by atoms with Gasteiger partial charge >= 0.3 is 0 Å². The number of halogens is 2. The number of benzene rings is 2. The molecular formula is C21H19BrClN5O3. The first kappa shape index (κ1) is 22.5. The van der Waals surface area contributed by atoms with E-state index in [-0.39, 0.29) is 23.2 Å². The second kappa shape index (κ2) is 9.76. The highest BCUT2D eigenvalue weighted by molar-refractivity contribution is 9.10. The largest absolute Gasteiger partial charge is 0.376 e. The number of anilines is 1. The lowest BCUT2D eigenvalue weighted by atomic mass is 10.2. The van der Waals surface area contributed by atoms with E-state index in [1.807, 2.05) is 48.7 Å². The van der Waals surface area contributed by atoms with Gasteiger partial charge in [0.05, 0.1) is 23.4 Å². The van der Waals surface area contributed by atoms with Gasteiger partial charge in [-0.25, -0.2) is 5.43 Å². The van der Waals surface area contributed by atoms with Gasteiger partial charge in [-0.2, -0.15) is 5.10 Å². The summed E-state index contributed by atoms with van der Waals surface area (Å²) < 4.78 is 2.82. The number of hydrogen-bond acceptors (Lipinski definition) is 5.